The third-order valence-electron chi connectivity index (χ3n) is 5.62. The third kappa shape index (κ3) is 17.4. The van der Waals surface area contributed by atoms with E-state index in [2.05, 4.69) is 27.4 Å². The molecule has 2 amide bonds. The van der Waals surface area contributed by atoms with Crippen LogP contribution in [0.5, 0.6) is 0 Å². The van der Waals surface area contributed by atoms with E-state index in [9.17, 15) is 14.4 Å². The number of ketones is 1. The second kappa shape index (κ2) is 20.3. The van der Waals surface area contributed by atoms with Gasteiger partial charge in [0.25, 0.3) is 5.91 Å². The number of carbonyl (C=O) groups is 3. The van der Waals surface area contributed by atoms with Crippen molar-refractivity contribution in [1.82, 2.24) is 5.32 Å². The quantitative estimate of drug-likeness (QED) is 0.126. The van der Waals surface area contributed by atoms with Gasteiger partial charge in [-0.1, -0.05) is 77.8 Å². The van der Waals surface area contributed by atoms with Gasteiger partial charge in [0.15, 0.2) is 5.78 Å². The molecule has 1 atom stereocenters. The molecule has 0 saturated heterocycles. The Labute approximate surface area is 236 Å². The van der Waals surface area contributed by atoms with Gasteiger partial charge >= 0.3 is 0 Å². The summed E-state index contributed by atoms with van der Waals surface area (Å²) < 4.78 is 0. The van der Waals surface area contributed by atoms with E-state index in [1.54, 1.807) is 26.8 Å². The van der Waals surface area contributed by atoms with Gasteiger partial charge in [0, 0.05) is 24.4 Å². The summed E-state index contributed by atoms with van der Waals surface area (Å²) in [7, 11) is 0. The largest absolute Gasteiger partial charge is 0.402 e. The maximum atomic E-state index is 11.3. The minimum Gasteiger partial charge on any atom is -0.402 e. The summed E-state index contributed by atoms with van der Waals surface area (Å²) in [6, 6.07) is 7.46. The van der Waals surface area contributed by atoms with Crippen LogP contribution in [0.1, 0.15) is 97.5 Å². The van der Waals surface area contributed by atoms with Gasteiger partial charge in [0.05, 0.1) is 5.70 Å². The van der Waals surface area contributed by atoms with Crippen LogP contribution in [0.15, 0.2) is 65.5 Å². The third-order valence-corrected chi connectivity index (χ3v) is 5.62. The first kappa shape index (κ1) is 37.4. The highest BCUT2D eigenvalue weighted by molar-refractivity contribution is 6.04. The molecule has 0 spiro atoms. The molecule has 1 aromatic carbocycles. The van der Waals surface area contributed by atoms with Gasteiger partial charge in [-0.2, -0.15) is 0 Å². The van der Waals surface area contributed by atoms with Crippen LogP contribution in [-0.2, 0) is 9.59 Å². The topological polar surface area (TPSA) is 139 Å². The van der Waals surface area contributed by atoms with Crippen molar-refractivity contribution < 1.29 is 14.4 Å². The highest BCUT2D eigenvalue weighted by Gasteiger charge is 2.12. The fraction of sp³-hybridized carbons (Fsp3) is 0.438. The number of benzene rings is 1. The normalized spacial score (nSPS) is 12.9. The summed E-state index contributed by atoms with van der Waals surface area (Å²) >= 11 is 0. The number of hydrogen-bond donors (Lipinski definition) is 4. The average Bonchev–Trinajstić information content (AvgIpc) is 3.69. The zero-order valence-corrected chi connectivity index (χ0v) is 25.4. The summed E-state index contributed by atoms with van der Waals surface area (Å²) in [5, 5.41) is 9.13. The smallest absolute Gasteiger partial charge is 0.273 e. The molecular weight excluding hydrogens is 488 g/mol. The van der Waals surface area contributed by atoms with Crippen molar-refractivity contribution in [2.45, 2.75) is 81.6 Å². The minimum absolute atomic E-state index is 0.0588. The maximum Gasteiger partial charge on any atom is 0.273 e. The molecular formula is C32H50N4O3. The van der Waals surface area contributed by atoms with E-state index in [0.29, 0.717) is 17.1 Å². The van der Waals surface area contributed by atoms with E-state index in [4.69, 9.17) is 16.9 Å². The zero-order chi connectivity index (χ0) is 30.7. The van der Waals surface area contributed by atoms with E-state index in [0.717, 1.165) is 41.0 Å². The molecule has 0 heterocycles. The number of Topliss-reactive ketones (excluding diaryl/α,β-unsaturated/α-hetero) is 1. The Hall–Kier alpha value is -3.74. The summed E-state index contributed by atoms with van der Waals surface area (Å²) in [4.78, 5) is 33.1. The Morgan fingerprint density at radius 1 is 1.08 bits per heavy atom. The fourth-order valence-electron chi connectivity index (χ4n) is 2.56. The van der Waals surface area contributed by atoms with E-state index < -0.39 is 11.8 Å². The van der Waals surface area contributed by atoms with Crippen LogP contribution in [0.2, 0.25) is 0 Å². The molecule has 6 N–H and O–H groups in total. The Kier molecular flexibility index (Phi) is 19.4. The molecule has 216 valence electrons. The van der Waals surface area contributed by atoms with E-state index in [1.807, 2.05) is 43.4 Å². The van der Waals surface area contributed by atoms with Gasteiger partial charge in [-0.25, -0.2) is 0 Å². The van der Waals surface area contributed by atoms with Gasteiger partial charge in [-0.05, 0) is 74.0 Å². The summed E-state index contributed by atoms with van der Waals surface area (Å²) in [6.07, 6.45) is 8.33. The number of carbonyl (C=O) groups excluding carboxylic acids is 3. The van der Waals surface area contributed by atoms with Gasteiger partial charge in [-0.3, -0.25) is 19.7 Å². The predicted octanol–water partition coefficient (Wildman–Crippen LogP) is 6.71. The number of allylic oxidation sites excluding steroid dienone is 6. The average molecular weight is 539 g/mol. The lowest BCUT2D eigenvalue weighted by Gasteiger charge is -2.10. The van der Waals surface area contributed by atoms with Crippen LogP contribution >= 0.6 is 0 Å². The second-order valence-electron chi connectivity index (χ2n) is 9.51. The van der Waals surface area contributed by atoms with Gasteiger partial charge in [0.1, 0.15) is 0 Å². The SMILES string of the molecule is C=C(/C=C(/N)C(C)CC)c1cccc(C(C)=O)c1.CC.CC(=O)NC(=O)/C(N)=C/C(C=N)=C(C)C.CC1CC1. The number of nitrogens with one attached hydrogen (secondary N) is 2. The Bertz CT molecular complexity index is 1070. The van der Waals surface area contributed by atoms with E-state index in [-0.39, 0.29) is 11.5 Å². The van der Waals surface area contributed by atoms with E-state index in [1.165, 1.54) is 25.8 Å². The number of hydrogen-bond acceptors (Lipinski definition) is 6. The maximum absolute atomic E-state index is 11.3. The second-order valence-corrected chi connectivity index (χ2v) is 9.51. The fourth-order valence-corrected chi connectivity index (χ4v) is 2.56. The van der Waals surface area contributed by atoms with Crippen molar-refractivity contribution in [1.29, 1.82) is 5.41 Å². The number of nitrogens with two attached hydrogens (primary N) is 2. The lowest BCUT2D eigenvalue weighted by molar-refractivity contribution is -0.127. The molecule has 0 aliphatic heterocycles. The molecule has 1 aliphatic carbocycles. The summed E-state index contributed by atoms with van der Waals surface area (Å²) in [6.45, 7) is 20.9. The van der Waals surface area contributed by atoms with Crippen LogP contribution < -0.4 is 16.8 Å². The molecule has 0 aromatic heterocycles. The van der Waals surface area contributed by atoms with Gasteiger partial charge in [-0.15, -0.1) is 0 Å². The molecule has 7 heteroatoms. The molecule has 0 radical (unpaired) electrons. The molecule has 1 aliphatic rings. The number of amides is 2. The lowest BCUT2D eigenvalue weighted by Crippen LogP contribution is -2.32. The van der Waals surface area contributed by atoms with Gasteiger partial charge in [0.2, 0.25) is 5.91 Å². The molecule has 0 bridgehead atoms. The molecule has 1 aromatic rings. The molecule has 7 nitrogen and oxygen atoms in total. The van der Waals surface area contributed by atoms with Crippen LogP contribution in [0.4, 0.5) is 0 Å². The Morgan fingerprint density at radius 2 is 1.59 bits per heavy atom. The first-order valence-electron chi connectivity index (χ1n) is 13.5. The van der Waals surface area contributed by atoms with Crippen molar-refractivity contribution in [3.63, 3.8) is 0 Å². The van der Waals surface area contributed by atoms with Crippen molar-refractivity contribution in [3.05, 3.63) is 76.7 Å². The predicted molar refractivity (Wildman–Crippen MR) is 165 cm³/mol. The zero-order valence-electron chi connectivity index (χ0n) is 25.4. The number of imide groups is 1. The van der Waals surface area contributed by atoms with Crippen LogP contribution in [0.3, 0.4) is 0 Å². The van der Waals surface area contributed by atoms with Crippen LogP contribution in [-0.4, -0.2) is 23.8 Å². The highest BCUT2D eigenvalue weighted by atomic mass is 16.2. The molecule has 1 unspecified atom stereocenters. The first-order chi connectivity index (χ1) is 18.2. The van der Waals surface area contributed by atoms with Crippen molar-refractivity contribution in [2.24, 2.45) is 23.3 Å². The highest BCUT2D eigenvalue weighted by Crippen LogP contribution is 2.26. The van der Waals surface area contributed by atoms with E-state index >= 15 is 0 Å². The van der Waals surface area contributed by atoms with Gasteiger partial charge < -0.3 is 16.9 Å². The standard InChI is InChI=1S/C16H21NO.C10H15N3O2.C4H8.C2H6/c1-5-11(2)16(17)9-12(3)14-7-6-8-15(10-14)13(4)18;1-6(2)8(5-11)4-9(12)10(15)13-7(3)14;1-4-2-3-4;1-2/h6-11H,3,5,17H2,1-2,4H3;4-5,11H,12H2,1-3H3,(H,13,14,15);4H,2-3H2,1H3;1-2H3/b16-9+;9-4-,11-5?;;. The van der Waals surface area contributed by atoms with Crippen LogP contribution in [0, 0.1) is 17.2 Å². The van der Waals surface area contributed by atoms with Crippen molar-refractivity contribution in [2.75, 3.05) is 0 Å². The molecule has 1 fully saturated rings. The van der Waals surface area contributed by atoms with Crippen molar-refractivity contribution >= 4 is 29.4 Å². The summed E-state index contributed by atoms with van der Waals surface area (Å²) in [5.74, 6) is 0.370. The minimum atomic E-state index is -0.650. The Balaban J connectivity index is 0. The lowest BCUT2D eigenvalue weighted by atomic mass is 9.98. The monoisotopic (exact) mass is 538 g/mol. The number of rotatable bonds is 8. The van der Waals surface area contributed by atoms with Crippen LogP contribution in [0.25, 0.3) is 5.57 Å². The molecule has 1 saturated carbocycles. The Morgan fingerprint density at radius 3 is 1.97 bits per heavy atom. The summed E-state index contributed by atoms with van der Waals surface area (Å²) in [5.41, 5.74) is 16.1. The van der Waals surface area contributed by atoms with Crippen molar-refractivity contribution in [3.8, 4) is 0 Å². The molecule has 39 heavy (non-hydrogen) atoms. The first-order valence-corrected chi connectivity index (χ1v) is 13.5. The molecule has 2 rings (SSSR count).